The first-order valence-corrected chi connectivity index (χ1v) is 8.26. The van der Waals surface area contributed by atoms with Gasteiger partial charge in [0.15, 0.2) is 0 Å². The van der Waals surface area contributed by atoms with Crippen molar-refractivity contribution in [2.75, 3.05) is 13.7 Å². The van der Waals surface area contributed by atoms with Crippen LogP contribution in [0.25, 0.3) is 0 Å². The SMILES string of the molecule is COC(=O)CCCCNC(=O)C(NC(=O)c1ccccc1F)C(C)C. The molecule has 2 N–H and O–H groups in total. The molecule has 0 radical (unpaired) electrons. The molecule has 0 spiro atoms. The van der Waals surface area contributed by atoms with Crippen LogP contribution in [0.5, 0.6) is 0 Å². The first-order chi connectivity index (χ1) is 11.9. The Morgan fingerprint density at radius 2 is 1.84 bits per heavy atom. The maximum atomic E-state index is 13.7. The summed E-state index contributed by atoms with van der Waals surface area (Å²) in [5.41, 5.74) is -0.0981. The lowest BCUT2D eigenvalue weighted by molar-refractivity contribution is -0.140. The molecule has 0 heterocycles. The molecule has 1 unspecified atom stereocenters. The van der Waals surface area contributed by atoms with Crippen LogP contribution < -0.4 is 10.6 Å². The van der Waals surface area contributed by atoms with Gasteiger partial charge in [-0.05, 0) is 30.9 Å². The number of amides is 2. The van der Waals surface area contributed by atoms with E-state index < -0.39 is 17.8 Å². The highest BCUT2D eigenvalue weighted by molar-refractivity contribution is 5.97. The zero-order chi connectivity index (χ0) is 18.8. The number of ether oxygens (including phenoxy) is 1. The van der Waals surface area contributed by atoms with Crippen LogP contribution >= 0.6 is 0 Å². The molecule has 6 nitrogen and oxygen atoms in total. The van der Waals surface area contributed by atoms with E-state index in [-0.39, 0.29) is 23.4 Å². The molecular formula is C18H25FN2O4. The summed E-state index contributed by atoms with van der Waals surface area (Å²) in [6.07, 6.45) is 1.51. The molecule has 0 fully saturated rings. The fourth-order valence-corrected chi connectivity index (χ4v) is 2.22. The van der Waals surface area contributed by atoms with Gasteiger partial charge in [-0.15, -0.1) is 0 Å². The Balaban J connectivity index is 2.53. The van der Waals surface area contributed by atoms with Crippen molar-refractivity contribution < 1.29 is 23.5 Å². The molecule has 138 valence electrons. The Morgan fingerprint density at radius 3 is 2.44 bits per heavy atom. The third-order valence-corrected chi connectivity index (χ3v) is 3.69. The Labute approximate surface area is 147 Å². The molecule has 7 heteroatoms. The molecule has 0 saturated carbocycles. The number of unbranched alkanes of at least 4 members (excludes halogenated alkanes) is 1. The van der Waals surface area contributed by atoms with Crippen LogP contribution in [0.1, 0.15) is 43.5 Å². The van der Waals surface area contributed by atoms with Gasteiger partial charge in [-0.25, -0.2) is 4.39 Å². The Bertz CT molecular complexity index is 604. The number of carbonyl (C=O) groups excluding carboxylic acids is 3. The third kappa shape index (κ3) is 6.91. The smallest absolute Gasteiger partial charge is 0.305 e. The lowest BCUT2D eigenvalue weighted by Gasteiger charge is -2.22. The molecule has 0 aliphatic heterocycles. The molecule has 0 aliphatic carbocycles. The average molecular weight is 352 g/mol. The van der Waals surface area contributed by atoms with Gasteiger partial charge in [0.25, 0.3) is 5.91 Å². The second-order valence-electron chi connectivity index (χ2n) is 6.00. The van der Waals surface area contributed by atoms with Crippen LogP contribution in [0.2, 0.25) is 0 Å². The van der Waals surface area contributed by atoms with Crippen LogP contribution in [0, 0.1) is 11.7 Å². The molecule has 1 aromatic rings. The maximum absolute atomic E-state index is 13.7. The van der Waals surface area contributed by atoms with E-state index in [0.717, 1.165) is 0 Å². The molecule has 0 aromatic heterocycles. The first-order valence-electron chi connectivity index (χ1n) is 8.26. The monoisotopic (exact) mass is 352 g/mol. The first kappa shape index (κ1) is 20.6. The highest BCUT2D eigenvalue weighted by atomic mass is 19.1. The lowest BCUT2D eigenvalue weighted by Crippen LogP contribution is -2.50. The number of hydrogen-bond acceptors (Lipinski definition) is 4. The Kier molecular flexibility index (Phi) is 8.60. The Hall–Kier alpha value is -2.44. The summed E-state index contributed by atoms with van der Waals surface area (Å²) in [6.45, 7) is 3.97. The quantitative estimate of drug-likeness (QED) is 0.526. The fourth-order valence-electron chi connectivity index (χ4n) is 2.22. The van der Waals surface area contributed by atoms with E-state index in [9.17, 15) is 18.8 Å². The lowest BCUT2D eigenvalue weighted by atomic mass is 10.0. The highest BCUT2D eigenvalue weighted by Gasteiger charge is 2.25. The second kappa shape index (κ2) is 10.4. The van der Waals surface area contributed by atoms with Gasteiger partial charge in [0.2, 0.25) is 5.91 Å². The molecule has 0 bridgehead atoms. The van der Waals surface area contributed by atoms with E-state index in [1.807, 2.05) is 0 Å². The molecule has 2 amide bonds. The Morgan fingerprint density at radius 1 is 1.16 bits per heavy atom. The number of carbonyl (C=O) groups is 3. The van der Waals surface area contributed by atoms with Gasteiger partial charge < -0.3 is 15.4 Å². The number of nitrogens with one attached hydrogen (secondary N) is 2. The molecule has 1 rings (SSSR count). The number of halogens is 1. The van der Waals surface area contributed by atoms with E-state index in [1.54, 1.807) is 19.9 Å². The number of benzene rings is 1. The number of esters is 1. The van der Waals surface area contributed by atoms with Crippen LogP contribution in [-0.4, -0.2) is 37.5 Å². The summed E-state index contributed by atoms with van der Waals surface area (Å²) in [5, 5.41) is 5.30. The molecule has 1 aromatic carbocycles. The van der Waals surface area contributed by atoms with Crippen molar-refractivity contribution in [1.82, 2.24) is 10.6 Å². The second-order valence-corrected chi connectivity index (χ2v) is 6.00. The number of methoxy groups -OCH3 is 1. The molecule has 0 saturated heterocycles. The molecule has 1 atom stereocenters. The van der Waals surface area contributed by atoms with Crippen LogP contribution in [0.3, 0.4) is 0 Å². The van der Waals surface area contributed by atoms with Crippen molar-refractivity contribution in [1.29, 1.82) is 0 Å². The van der Waals surface area contributed by atoms with Crippen molar-refractivity contribution in [3.63, 3.8) is 0 Å². The van der Waals surface area contributed by atoms with Crippen LogP contribution in [0.15, 0.2) is 24.3 Å². The van der Waals surface area contributed by atoms with Crippen molar-refractivity contribution in [3.8, 4) is 0 Å². The van der Waals surface area contributed by atoms with Crippen molar-refractivity contribution in [2.45, 2.75) is 39.2 Å². The molecule has 0 aliphatic rings. The summed E-state index contributed by atoms with van der Waals surface area (Å²) < 4.78 is 18.2. The van der Waals surface area contributed by atoms with E-state index in [2.05, 4.69) is 15.4 Å². The summed E-state index contributed by atoms with van der Waals surface area (Å²) in [4.78, 5) is 35.5. The fraction of sp³-hybridized carbons (Fsp3) is 0.500. The van der Waals surface area contributed by atoms with Crippen LogP contribution in [-0.2, 0) is 14.3 Å². The van der Waals surface area contributed by atoms with E-state index in [4.69, 9.17) is 0 Å². The minimum atomic E-state index is -0.771. The molecular weight excluding hydrogens is 327 g/mol. The summed E-state index contributed by atoms with van der Waals surface area (Å²) >= 11 is 0. The maximum Gasteiger partial charge on any atom is 0.305 e. The number of hydrogen-bond donors (Lipinski definition) is 2. The van der Waals surface area contributed by atoms with Gasteiger partial charge in [0.1, 0.15) is 11.9 Å². The minimum Gasteiger partial charge on any atom is -0.469 e. The third-order valence-electron chi connectivity index (χ3n) is 3.69. The predicted octanol–water partition coefficient (Wildman–Crippen LogP) is 2.04. The molecule has 25 heavy (non-hydrogen) atoms. The van der Waals surface area contributed by atoms with E-state index >= 15 is 0 Å². The van der Waals surface area contributed by atoms with Gasteiger partial charge in [-0.2, -0.15) is 0 Å². The highest BCUT2D eigenvalue weighted by Crippen LogP contribution is 2.09. The summed E-state index contributed by atoms with van der Waals surface area (Å²) in [7, 11) is 1.33. The van der Waals surface area contributed by atoms with E-state index in [1.165, 1.54) is 25.3 Å². The van der Waals surface area contributed by atoms with Gasteiger partial charge >= 0.3 is 5.97 Å². The minimum absolute atomic E-state index is 0.0981. The van der Waals surface area contributed by atoms with Crippen molar-refractivity contribution in [2.24, 2.45) is 5.92 Å². The number of rotatable bonds is 9. The summed E-state index contributed by atoms with van der Waals surface area (Å²) in [5.74, 6) is -2.05. The van der Waals surface area contributed by atoms with Crippen molar-refractivity contribution in [3.05, 3.63) is 35.6 Å². The van der Waals surface area contributed by atoms with Crippen molar-refractivity contribution >= 4 is 17.8 Å². The standard InChI is InChI=1S/C18H25FN2O4/c1-12(2)16(18(24)20-11-7-6-10-15(22)25-3)21-17(23)13-8-4-5-9-14(13)19/h4-5,8-9,12,16H,6-7,10-11H2,1-3H3,(H,20,24)(H,21,23). The normalized spacial score (nSPS) is 11.7. The largest absolute Gasteiger partial charge is 0.469 e. The predicted molar refractivity (Wildman–Crippen MR) is 91.4 cm³/mol. The topological polar surface area (TPSA) is 84.5 Å². The van der Waals surface area contributed by atoms with Gasteiger partial charge in [-0.1, -0.05) is 26.0 Å². The van der Waals surface area contributed by atoms with Gasteiger partial charge in [-0.3, -0.25) is 14.4 Å². The zero-order valence-corrected chi connectivity index (χ0v) is 14.8. The average Bonchev–Trinajstić information content (AvgIpc) is 2.58. The summed E-state index contributed by atoms with van der Waals surface area (Å²) in [6, 6.07) is 4.84. The zero-order valence-electron chi connectivity index (χ0n) is 14.8. The van der Waals surface area contributed by atoms with Gasteiger partial charge in [0.05, 0.1) is 12.7 Å². The van der Waals surface area contributed by atoms with E-state index in [0.29, 0.717) is 25.8 Å². The van der Waals surface area contributed by atoms with Gasteiger partial charge in [0, 0.05) is 13.0 Å². The van der Waals surface area contributed by atoms with Crippen LogP contribution in [0.4, 0.5) is 4.39 Å².